The Morgan fingerprint density at radius 1 is 1.33 bits per heavy atom. The highest BCUT2D eigenvalue weighted by atomic mass is 16.7. The van der Waals surface area contributed by atoms with Crippen molar-refractivity contribution in [1.82, 2.24) is 9.97 Å². The van der Waals surface area contributed by atoms with Crippen LogP contribution in [-0.4, -0.2) is 28.5 Å². The van der Waals surface area contributed by atoms with Crippen molar-refractivity contribution >= 4 is 17.5 Å². The van der Waals surface area contributed by atoms with Gasteiger partial charge >= 0.3 is 0 Å². The number of aromatic nitrogens is 2. The summed E-state index contributed by atoms with van der Waals surface area (Å²) >= 11 is 0. The smallest absolute Gasteiger partial charge is 0.230 e. The Bertz CT molecular complexity index is 792. The van der Waals surface area contributed by atoms with Crippen molar-refractivity contribution in [3.8, 4) is 11.5 Å². The van der Waals surface area contributed by atoms with Crippen molar-refractivity contribution in [2.75, 3.05) is 24.9 Å². The maximum atomic E-state index is 10.4. The van der Waals surface area contributed by atoms with E-state index in [2.05, 4.69) is 9.97 Å². The third-order valence-electron chi connectivity index (χ3n) is 3.47. The van der Waals surface area contributed by atoms with Crippen LogP contribution in [0.5, 0.6) is 11.5 Å². The van der Waals surface area contributed by atoms with E-state index >= 15 is 0 Å². The zero-order valence-electron chi connectivity index (χ0n) is 13.2. The highest BCUT2D eigenvalue weighted by Crippen LogP contribution is 2.38. The monoisotopic (exact) mass is 330 g/mol. The fraction of sp³-hybridized carbons (Fsp3) is 0.250. The van der Waals surface area contributed by atoms with E-state index in [4.69, 9.17) is 25.7 Å². The van der Waals surface area contributed by atoms with Crippen molar-refractivity contribution < 1.29 is 19.3 Å². The largest absolute Gasteiger partial charge is 0.507 e. The van der Waals surface area contributed by atoms with E-state index in [1.54, 1.807) is 12.3 Å². The summed E-state index contributed by atoms with van der Waals surface area (Å²) in [5.74, 6) is 1.38. The van der Waals surface area contributed by atoms with Crippen LogP contribution in [0.25, 0.3) is 5.76 Å². The Morgan fingerprint density at radius 2 is 2.17 bits per heavy atom. The van der Waals surface area contributed by atoms with E-state index in [1.807, 2.05) is 13.0 Å². The molecule has 0 radical (unpaired) electrons. The number of hydrogen-bond donors (Lipinski definition) is 3. The third kappa shape index (κ3) is 3.12. The summed E-state index contributed by atoms with van der Waals surface area (Å²) in [6, 6.07) is 3.44. The zero-order valence-corrected chi connectivity index (χ0v) is 13.2. The second-order valence-corrected chi connectivity index (χ2v) is 5.15. The molecular formula is C16H18N4O4. The van der Waals surface area contributed by atoms with E-state index in [-0.39, 0.29) is 18.5 Å². The Balaban J connectivity index is 1.97. The topological polar surface area (TPSA) is 126 Å². The molecule has 3 rings (SSSR count). The van der Waals surface area contributed by atoms with Gasteiger partial charge in [-0.2, -0.15) is 4.98 Å². The number of ether oxygens (including phenoxy) is 3. The quantitative estimate of drug-likeness (QED) is 0.755. The minimum absolute atomic E-state index is 0.0302. The van der Waals surface area contributed by atoms with Crippen LogP contribution in [-0.2, 0) is 15.9 Å². The summed E-state index contributed by atoms with van der Waals surface area (Å²) in [4.78, 5) is 7.88. The summed E-state index contributed by atoms with van der Waals surface area (Å²) < 4.78 is 16.0. The average molecular weight is 330 g/mol. The molecule has 2 aromatic rings. The lowest BCUT2D eigenvalue weighted by Crippen LogP contribution is -2.05. The lowest BCUT2D eigenvalue weighted by Gasteiger charge is -2.14. The van der Waals surface area contributed by atoms with Crippen LogP contribution in [0.4, 0.5) is 11.8 Å². The number of benzene rings is 1. The first kappa shape index (κ1) is 15.7. The number of nitrogens with two attached hydrogens (primary N) is 2. The molecule has 0 bridgehead atoms. The number of nitrogen functional groups attached to an aromatic ring is 2. The van der Waals surface area contributed by atoms with Crippen LogP contribution in [0.1, 0.15) is 23.6 Å². The molecule has 0 amide bonds. The van der Waals surface area contributed by atoms with Crippen LogP contribution in [0.15, 0.2) is 24.6 Å². The van der Waals surface area contributed by atoms with Crippen molar-refractivity contribution in [2.45, 2.75) is 13.3 Å². The Kier molecular flexibility index (Phi) is 4.28. The molecule has 0 fully saturated rings. The molecule has 0 saturated heterocycles. The molecule has 1 aliphatic heterocycles. The highest BCUT2D eigenvalue weighted by molar-refractivity contribution is 5.72. The highest BCUT2D eigenvalue weighted by Gasteiger charge is 2.21. The van der Waals surface area contributed by atoms with Crippen LogP contribution in [0, 0.1) is 0 Å². The van der Waals surface area contributed by atoms with Gasteiger partial charge in [0, 0.05) is 18.2 Å². The van der Waals surface area contributed by atoms with E-state index in [9.17, 15) is 5.11 Å². The number of hydrogen-bond acceptors (Lipinski definition) is 8. The molecule has 0 spiro atoms. The maximum absolute atomic E-state index is 10.4. The van der Waals surface area contributed by atoms with Crippen LogP contribution >= 0.6 is 0 Å². The van der Waals surface area contributed by atoms with Gasteiger partial charge in [-0.3, -0.25) is 0 Å². The molecule has 1 aromatic heterocycles. The van der Waals surface area contributed by atoms with Crippen LogP contribution in [0.3, 0.4) is 0 Å². The number of rotatable bonds is 5. The Morgan fingerprint density at radius 3 is 2.83 bits per heavy atom. The number of phenolic OH excluding ortho intramolecular Hbond substituents is 1. The molecule has 5 N–H and O–H groups in total. The Labute approximate surface area is 138 Å². The van der Waals surface area contributed by atoms with Gasteiger partial charge in [0.1, 0.15) is 29.1 Å². The van der Waals surface area contributed by atoms with Gasteiger partial charge in [-0.25, -0.2) is 4.98 Å². The van der Waals surface area contributed by atoms with Crippen molar-refractivity contribution in [3.63, 3.8) is 0 Å². The lowest BCUT2D eigenvalue weighted by molar-refractivity contribution is 0.100. The molecule has 126 valence electrons. The number of nitrogens with zero attached hydrogens (tertiary/aromatic N) is 2. The summed E-state index contributed by atoms with van der Waals surface area (Å²) in [5.41, 5.74) is 13.3. The molecule has 0 aliphatic carbocycles. The molecule has 0 saturated carbocycles. The van der Waals surface area contributed by atoms with Crippen molar-refractivity contribution in [2.24, 2.45) is 0 Å². The first-order valence-corrected chi connectivity index (χ1v) is 7.39. The molecule has 8 heteroatoms. The molecule has 8 nitrogen and oxygen atoms in total. The Hall–Kier alpha value is -3.16. The van der Waals surface area contributed by atoms with Gasteiger partial charge in [0.2, 0.25) is 12.7 Å². The van der Waals surface area contributed by atoms with Crippen LogP contribution in [0.2, 0.25) is 0 Å². The van der Waals surface area contributed by atoms with Gasteiger partial charge in [0.15, 0.2) is 5.76 Å². The number of aromatic hydroxyl groups is 1. The van der Waals surface area contributed by atoms with E-state index in [1.165, 1.54) is 6.26 Å². The molecule has 1 aromatic carbocycles. The molecule has 1 aliphatic rings. The molecule has 0 unspecified atom stereocenters. The molecule has 24 heavy (non-hydrogen) atoms. The fourth-order valence-corrected chi connectivity index (χ4v) is 2.44. The van der Waals surface area contributed by atoms with E-state index in [0.29, 0.717) is 41.5 Å². The van der Waals surface area contributed by atoms with Crippen LogP contribution < -0.4 is 16.2 Å². The van der Waals surface area contributed by atoms with Gasteiger partial charge in [-0.05, 0) is 24.6 Å². The van der Waals surface area contributed by atoms with Gasteiger partial charge in [-0.15, -0.1) is 0 Å². The average Bonchev–Trinajstić information content (AvgIpc) is 3.04. The maximum Gasteiger partial charge on any atom is 0.230 e. The summed E-state index contributed by atoms with van der Waals surface area (Å²) in [6.45, 7) is 2.41. The second-order valence-electron chi connectivity index (χ2n) is 5.15. The predicted octanol–water partition coefficient (Wildman–Crippen LogP) is 1.64. The summed E-state index contributed by atoms with van der Waals surface area (Å²) in [7, 11) is 0. The first-order chi connectivity index (χ1) is 11.6. The molecule has 0 atom stereocenters. The summed E-state index contributed by atoms with van der Waals surface area (Å²) in [6.07, 6.45) is 3.44. The normalized spacial score (nSPS) is 13.1. The number of phenols is 1. The zero-order chi connectivity index (χ0) is 17.1. The first-order valence-electron chi connectivity index (χ1n) is 7.39. The predicted molar refractivity (Wildman–Crippen MR) is 88.0 cm³/mol. The van der Waals surface area contributed by atoms with Crippen molar-refractivity contribution in [1.29, 1.82) is 0 Å². The van der Waals surface area contributed by atoms with Crippen molar-refractivity contribution in [3.05, 3.63) is 41.3 Å². The SMILES string of the molecule is CCOc1cc(Cc2cnc(N)nc2N)cc(O)c1C1=COCO1. The molecular weight excluding hydrogens is 312 g/mol. The number of anilines is 2. The van der Waals surface area contributed by atoms with E-state index in [0.717, 1.165) is 5.56 Å². The molecule has 2 heterocycles. The lowest BCUT2D eigenvalue weighted by atomic mass is 10.0. The summed E-state index contributed by atoms with van der Waals surface area (Å²) in [5, 5.41) is 10.4. The third-order valence-corrected chi connectivity index (χ3v) is 3.47. The van der Waals surface area contributed by atoms with E-state index < -0.39 is 0 Å². The standard InChI is InChI=1S/C16H18N4O4/c1-2-23-12-5-9(3-10-6-19-16(18)20-15(10)17)4-11(21)14(12)13-7-22-8-24-13/h4-7,21H,2-3,8H2,1H3,(H4,17,18,19,20). The van der Waals surface area contributed by atoms with Gasteiger partial charge in [-0.1, -0.05) is 0 Å². The second kappa shape index (κ2) is 6.53. The van der Waals surface area contributed by atoms with Gasteiger partial charge < -0.3 is 30.8 Å². The minimum Gasteiger partial charge on any atom is -0.507 e. The minimum atomic E-state index is 0.0302. The van der Waals surface area contributed by atoms with Gasteiger partial charge in [0.25, 0.3) is 0 Å². The van der Waals surface area contributed by atoms with Gasteiger partial charge in [0.05, 0.1) is 6.61 Å². The fourth-order valence-electron chi connectivity index (χ4n) is 2.44.